The molecule has 0 fully saturated rings. The number of hydrogen-bond acceptors (Lipinski definition) is 2. The lowest BCUT2D eigenvalue weighted by atomic mass is 10.2. The van der Waals surface area contributed by atoms with E-state index in [4.69, 9.17) is 0 Å². The first-order valence-electron chi connectivity index (χ1n) is 6.47. The summed E-state index contributed by atoms with van der Waals surface area (Å²) in [5.74, 6) is -0.914. The topological polar surface area (TPSA) is 29.9 Å². The summed E-state index contributed by atoms with van der Waals surface area (Å²) in [6, 6.07) is 12.1. The van der Waals surface area contributed by atoms with E-state index in [-0.39, 0.29) is 5.69 Å². The molecule has 0 amide bonds. The van der Waals surface area contributed by atoms with E-state index in [0.29, 0.717) is 11.5 Å². The minimum absolute atomic E-state index is 0.196. The zero-order valence-corrected chi connectivity index (χ0v) is 11.3. The Labute approximate surface area is 120 Å². The first kappa shape index (κ1) is 13.3. The molecule has 0 saturated heterocycles. The Balaban J connectivity index is 2.02. The number of aromatic nitrogens is 2. The Bertz CT molecular complexity index is 766. The molecule has 0 atom stereocenters. The van der Waals surface area contributed by atoms with E-state index >= 15 is 0 Å². The molecule has 3 aromatic rings. The van der Waals surface area contributed by atoms with Crippen molar-refractivity contribution < 1.29 is 8.78 Å². The maximum Gasteiger partial charge on any atom is 0.212 e. The Morgan fingerprint density at radius 1 is 1.05 bits per heavy atom. The standard InChI is InChI=1S/C16H13F2N3/c1-11-7-8-13(17)15(14(11)18)20-16-19-9-10-21(16)12-5-3-2-4-6-12/h2-10H,1H3,(H,19,20). The number of imidazole rings is 1. The molecule has 1 N–H and O–H groups in total. The van der Waals surface area contributed by atoms with Gasteiger partial charge in [-0.1, -0.05) is 24.3 Å². The van der Waals surface area contributed by atoms with Crippen LogP contribution in [0, 0.1) is 18.6 Å². The molecule has 0 saturated carbocycles. The van der Waals surface area contributed by atoms with Gasteiger partial charge in [-0.3, -0.25) is 4.57 Å². The third-order valence-electron chi connectivity index (χ3n) is 3.20. The van der Waals surface area contributed by atoms with Crippen LogP contribution >= 0.6 is 0 Å². The minimum Gasteiger partial charge on any atom is -0.320 e. The average Bonchev–Trinajstić information content (AvgIpc) is 2.97. The van der Waals surface area contributed by atoms with E-state index in [1.807, 2.05) is 30.3 Å². The van der Waals surface area contributed by atoms with Gasteiger partial charge in [-0.2, -0.15) is 0 Å². The molecular weight excluding hydrogens is 272 g/mol. The van der Waals surface area contributed by atoms with Gasteiger partial charge in [0.25, 0.3) is 0 Å². The van der Waals surface area contributed by atoms with Crippen LogP contribution in [-0.2, 0) is 0 Å². The van der Waals surface area contributed by atoms with Gasteiger partial charge in [-0.15, -0.1) is 0 Å². The van der Waals surface area contributed by atoms with Crippen molar-refractivity contribution in [3.05, 3.63) is 72.1 Å². The van der Waals surface area contributed by atoms with Gasteiger partial charge in [0.05, 0.1) is 0 Å². The van der Waals surface area contributed by atoms with Gasteiger partial charge in [-0.25, -0.2) is 13.8 Å². The van der Waals surface area contributed by atoms with Crippen LogP contribution < -0.4 is 5.32 Å². The molecule has 106 valence electrons. The molecule has 3 nitrogen and oxygen atoms in total. The second-order valence-corrected chi connectivity index (χ2v) is 4.63. The predicted octanol–water partition coefficient (Wildman–Crippen LogP) is 4.20. The molecule has 0 aliphatic heterocycles. The van der Waals surface area contributed by atoms with Crippen LogP contribution in [-0.4, -0.2) is 9.55 Å². The highest BCUT2D eigenvalue weighted by Gasteiger charge is 2.14. The Kier molecular flexibility index (Phi) is 3.39. The highest BCUT2D eigenvalue weighted by atomic mass is 19.1. The van der Waals surface area contributed by atoms with Crippen LogP contribution in [0.1, 0.15) is 5.56 Å². The summed E-state index contributed by atoms with van der Waals surface area (Å²) in [4.78, 5) is 4.12. The van der Waals surface area contributed by atoms with Crippen LogP contribution in [0.4, 0.5) is 20.4 Å². The summed E-state index contributed by atoms with van der Waals surface area (Å²) in [5.41, 5.74) is 1.03. The van der Waals surface area contributed by atoms with Gasteiger partial charge in [0.15, 0.2) is 5.82 Å². The van der Waals surface area contributed by atoms with Crippen LogP contribution in [0.2, 0.25) is 0 Å². The van der Waals surface area contributed by atoms with Gasteiger partial charge >= 0.3 is 0 Å². The van der Waals surface area contributed by atoms with Crippen LogP contribution in [0.15, 0.2) is 54.9 Å². The third-order valence-corrected chi connectivity index (χ3v) is 3.20. The molecule has 2 aromatic carbocycles. The van der Waals surface area contributed by atoms with Crippen LogP contribution in [0.3, 0.4) is 0 Å². The summed E-state index contributed by atoms with van der Waals surface area (Å²) in [7, 11) is 0. The van der Waals surface area contributed by atoms with Crippen molar-refractivity contribution in [3.8, 4) is 5.69 Å². The van der Waals surface area contributed by atoms with Crippen molar-refractivity contribution in [1.29, 1.82) is 0 Å². The van der Waals surface area contributed by atoms with Crippen molar-refractivity contribution in [2.24, 2.45) is 0 Å². The lowest BCUT2D eigenvalue weighted by Crippen LogP contribution is -2.05. The highest BCUT2D eigenvalue weighted by Crippen LogP contribution is 2.26. The molecular formula is C16H13F2N3. The lowest BCUT2D eigenvalue weighted by molar-refractivity contribution is 0.584. The van der Waals surface area contributed by atoms with Crippen molar-refractivity contribution in [2.45, 2.75) is 6.92 Å². The van der Waals surface area contributed by atoms with Crippen molar-refractivity contribution in [1.82, 2.24) is 9.55 Å². The number of rotatable bonds is 3. The summed E-state index contributed by atoms with van der Waals surface area (Å²) in [5, 5.41) is 2.73. The molecule has 0 bridgehead atoms. The first-order valence-corrected chi connectivity index (χ1v) is 6.47. The normalized spacial score (nSPS) is 10.6. The van der Waals surface area contributed by atoms with Gasteiger partial charge in [0.1, 0.15) is 11.5 Å². The number of benzene rings is 2. The fraction of sp³-hybridized carbons (Fsp3) is 0.0625. The molecule has 0 radical (unpaired) electrons. The molecule has 5 heteroatoms. The highest BCUT2D eigenvalue weighted by molar-refractivity contribution is 5.58. The van der Waals surface area contributed by atoms with Crippen molar-refractivity contribution >= 4 is 11.6 Å². The second kappa shape index (κ2) is 5.36. The monoisotopic (exact) mass is 285 g/mol. The number of nitrogens with one attached hydrogen (secondary N) is 1. The quantitative estimate of drug-likeness (QED) is 0.781. The van der Waals surface area contributed by atoms with Gasteiger partial charge in [-0.05, 0) is 30.7 Å². The number of halogens is 2. The molecule has 0 aliphatic rings. The summed E-state index contributed by atoms with van der Waals surface area (Å²) in [6.07, 6.45) is 3.30. The van der Waals surface area contributed by atoms with E-state index < -0.39 is 11.6 Å². The third kappa shape index (κ3) is 2.50. The van der Waals surface area contributed by atoms with Gasteiger partial charge < -0.3 is 5.32 Å². The van der Waals surface area contributed by atoms with E-state index in [1.54, 1.807) is 23.9 Å². The van der Waals surface area contributed by atoms with Gasteiger partial charge in [0.2, 0.25) is 5.95 Å². The van der Waals surface area contributed by atoms with Crippen molar-refractivity contribution in [3.63, 3.8) is 0 Å². The van der Waals surface area contributed by atoms with E-state index in [0.717, 1.165) is 5.69 Å². The molecule has 0 aliphatic carbocycles. The Morgan fingerprint density at radius 2 is 1.81 bits per heavy atom. The smallest absolute Gasteiger partial charge is 0.212 e. The maximum atomic E-state index is 14.0. The number of hydrogen-bond donors (Lipinski definition) is 1. The molecule has 3 rings (SSSR count). The lowest BCUT2D eigenvalue weighted by Gasteiger charge is -2.12. The number of anilines is 2. The zero-order valence-electron chi connectivity index (χ0n) is 11.3. The van der Waals surface area contributed by atoms with E-state index in [2.05, 4.69) is 10.3 Å². The molecule has 1 aromatic heterocycles. The molecule has 1 heterocycles. The van der Waals surface area contributed by atoms with Gasteiger partial charge in [0, 0.05) is 18.1 Å². The summed E-state index contributed by atoms with van der Waals surface area (Å²) < 4.78 is 29.6. The molecule has 21 heavy (non-hydrogen) atoms. The SMILES string of the molecule is Cc1ccc(F)c(Nc2nccn2-c2ccccc2)c1F. The fourth-order valence-electron chi connectivity index (χ4n) is 2.08. The fourth-order valence-corrected chi connectivity index (χ4v) is 2.08. The van der Waals surface area contributed by atoms with E-state index in [9.17, 15) is 8.78 Å². The molecule has 0 spiro atoms. The van der Waals surface area contributed by atoms with Crippen LogP contribution in [0.25, 0.3) is 5.69 Å². The van der Waals surface area contributed by atoms with Crippen LogP contribution in [0.5, 0.6) is 0 Å². The van der Waals surface area contributed by atoms with Crippen molar-refractivity contribution in [2.75, 3.05) is 5.32 Å². The summed E-state index contributed by atoms with van der Waals surface area (Å²) >= 11 is 0. The number of para-hydroxylation sites is 1. The Hall–Kier alpha value is -2.69. The second-order valence-electron chi connectivity index (χ2n) is 4.63. The first-order chi connectivity index (χ1) is 10.2. The number of nitrogens with zero attached hydrogens (tertiary/aromatic N) is 2. The average molecular weight is 285 g/mol. The summed E-state index contributed by atoms with van der Waals surface area (Å²) in [6.45, 7) is 1.59. The molecule has 0 unspecified atom stereocenters. The van der Waals surface area contributed by atoms with E-state index in [1.165, 1.54) is 12.1 Å². The Morgan fingerprint density at radius 3 is 2.57 bits per heavy atom. The zero-order chi connectivity index (χ0) is 14.8. The maximum absolute atomic E-state index is 14.0. The number of aryl methyl sites for hydroxylation is 1. The largest absolute Gasteiger partial charge is 0.320 e. The minimum atomic E-state index is -0.652. The predicted molar refractivity (Wildman–Crippen MR) is 77.9 cm³/mol.